The average Bonchev–Trinajstić information content (AvgIpc) is 2.35. The number of nitrogen functional groups attached to an aromatic ring is 1. The smallest absolute Gasteiger partial charge is 0.219 e. The highest BCUT2D eigenvalue weighted by Gasteiger charge is 2.32. The van der Waals surface area contributed by atoms with Crippen LogP contribution in [0.3, 0.4) is 0 Å². The van der Waals surface area contributed by atoms with E-state index in [9.17, 15) is 4.39 Å². The molecule has 0 radical (unpaired) electrons. The molecule has 0 spiro atoms. The minimum Gasteiger partial charge on any atom is -0.368 e. The van der Waals surface area contributed by atoms with Gasteiger partial charge in [0.1, 0.15) is 5.67 Å². The molecule has 0 atom stereocenters. The summed E-state index contributed by atoms with van der Waals surface area (Å²) >= 11 is 0. The van der Waals surface area contributed by atoms with Crippen molar-refractivity contribution in [3.8, 4) is 0 Å². The van der Waals surface area contributed by atoms with Gasteiger partial charge < -0.3 is 11.5 Å². The van der Waals surface area contributed by atoms with Gasteiger partial charge in [-0.3, -0.25) is 4.90 Å². The van der Waals surface area contributed by atoms with E-state index in [2.05, 4.69) is 14.9 Å². The average molecular weight is 239 g/mol. The molecule has 17 heavy (non-hydrogen) atoms. The minimum atomic E-state index is -1.17. The van der Waals surface area contributed by atoms with Crippen LogP contribution in [0, 0.1) is 0 Å². The zero-order chi connectivity index (χ0) is 12.3. The van der Waals surface area contributed by atoms with Crippen molar-refractivity contribution in [3.05, 3.63) is 18.0 Å². The van der Waals surface area contributed by atoms with Crippen LogP contribution in [0.25, 0.3) is 0 Å². The molecule has 1 aromatic rings. The summed E-state index contributed by atoms with van der Waals surface area (Å²) in [6.07, 6.45) is 4.42. The molecule has 0 saturated carbocycles. The van der Waals surface area contributed by atoms with Crippen LogP contribution in [0.4, 0.5) is 10.3 Å². The first-order valence-electron chi connectivity index (χ1n) is 5.79. The molecule has 0 amide bonds. The Hall–Kier alpha value is -1.27. The van der Waals surface area contributed by atoms with Gasteiger partial charge in [-0.1, -0.05) is 0 Å². The fourth-order valence-electron chi connectivity index (χ4n) is 2.02. The number of hydrogen-bond acceptors (Lipinski definition) is 5. The number of halogens is 1. The van der Waals surface area contributed by atoms with Crippen molar-refractivity contribution >= 4 is 5.95 Å². The van der Waals surface area contributed by atoms with Gasteiger partial charge in [-0.2, -0.15) is 0 Å². The lowest BCUT2D eigenvalue weighted by Crippen LogP contribution is -2.45. The van der Waals surface area contributed by atoms with Gasteiger partial charge >= 0.3 is 0 Å². The van der Waals surface area contributed by atoms with Crippen LogP contribution in [0.2, 0.25) is 0 Å². The van der Waals surface area contributed by atoms with Gasteiger partial charge in [0.15, 0.2) is 0 Å². The van der Waals surface area contributed by atoms with Crippen molar-refractivity contribution in [2.75, 3.05) is 25.4 Å². The number of anilines is 1. The first-order chi connectivity index (χ1) is 8.11. The van der Waals surface area contributed by atoms with Crippen LogP contribution in [-0.2, 0) is 6.54 Å². The van der Waals surface area contributed by atoms with E-state index in [0.717, 1.165) is 25.2 Å². The van der Waals surface area contributed by atoms with Gasteiger partial charge in [0.2, 0.25) is 5.95 Å². The first kappa shape index (κ1) is 12.2. The fourth-order valence-corrected chi connectivity index (χ4v) is 2.02. The summed E-state index contributed by atoms with van der Waals surface area (Å²) in [6, 6.07) is 0. The highest BCUT2D eigenvalue weighted by molar-refractivity contribution is 5.17. The third kappa shape index (κ3) is 3.10. The molecular weight excluding hydrogens is 221 g/mol. The number of nitrogens with zero attached hydrogens (tertiary/aromatic N) is 3. The number of rotatable bonds is 3. The van der Waals surface area contributed by atoms with E-state index in [4.69, 9.17) is 11.5 Å². The van der Waals surface area contributed by atoms with E-state index >= 15 is 0 Å². The predicted molar refractivity (Wildman–Crippen MR) is 63.8 cm³/mol. The molecule has 94 valence electrons. The maximum atomic E-state index is 13.9. The summed E-state index contributed by atoms with van der Waals surface area (Å²) in [4.78, 5) is 10.1. The van der Waals surface area contributed by atoms with Crippen LogP contribution in [0.5, 0.6) is 0 Å². The highest BCUT2D eigenvalue weighted by atomic mass is 19.1. The van der Waals surface area contributed by atoms with E-state index in [1.54, 1.807) is 12.4 Å². The summed E-state index contributed by atoms with van der Waals surface area (Å²) in [5.74, 6) is 0.276. The third-order valence-electron chi connectivity index (χ3n) is 3.25. The van der Waals surface area contributed by atoms with Crippen molar-refractivity contribution in [2.24, 2.45) is 5.73 Å². The molecule has 5 nitrogen and oxygen atoms in total. The van der Waals surface area contributed by atoms with Crippen LogP contribution < -0.4 is 11.5 Å². The Morgan fingerprint density at radius 1 is 1.29 bits per heavy atom. The third-order valence-corrected chi connectivity index (χ3v) is 3.25. The number of piperidine rings is 1. The Labute approximate surface area is 100 Å². The molecule has 2 heterocycles. The van der Waals surface area contributed by atoms with Crippen LogP contribution >= 0.6 is 0 Å². The lowest BCUT2D eigenvalue weighted by molar-refractivity contribution is 0.0620. The van der Waals surface area contributed by atoms with Gasteiger partial charge in [-0.25, -0.2) is 14.4 Å². The summed E-state index contributed by atoms with van der Waals surface area (Å²) in [5, 5.41) is 0. The van der Waals surface area contributed by atoms with E-state index in [-0.39, 0.29) is 12.5 Å². The maximum absolute atomic E-state index is 13.9. The van der Waals surface area contributed by atoms with Crippen molar-refractivity contribution in [1.82, 2.24) is 14.9 Å². The monoisotopic (exact) mass is 239 g/mol. The number of alkyl halides is 1. The van der Waals surface area contributed by atoms with Gasteiger partial charge in [0.25, 0.3) is 0 Å². The zero-order valence-corrected chi connectivity index (χ0v) is 9.77. The molecule has 1 saturated heterocycles. The first-order valence-corrected chi connectivity index (χ1v) is 5.79. The molecule has 6 heteroatoms. The topological polar surface area (TPSA) is 81.1 Å². The van der Waals surface area contributed by atoms with Crippen molar-refractivity contribution < 1.29 is 4.39 Å². The van der Waals surface area contributed by atoms with E-state index in [0.29, 0.717) is 12.8 Å². The molecule has 1 aliphatic rings. The largest absolute Gasteiger partial charge is 0.368 e. The normalized spacial score (nSPS) is 20.4. The molecule has 0 bridgehead atoms. The number of aromatic nitrogens is 2. The van der Waals surface area contributed by atoms with Crippen LogP contribution in [0.15, 0.2) is 12.4 Å². The van der Waals surface area contributed by atoms with Gasteiger partial charge in [0.05, 0.1) is 0 Å². The second-order valence-corrected chi connectivity index (χ2v) is 4.58. The summed E-state index contributed by atoms with van der Waals surface area (Å²) in [6.45, 7) is 2.29. The van der Waals surface area contributed by atoms with Gasteiger partial charge in [0, 0.05) is 44.1 Å². The standard InChI is InChI=1S/C11H18FN5/c12-11(8-13)1-3-17(4-2-11)7-9-5-15-10(14)16-6-9/h5-6H,1-4,7-8,13H2,(H2,14,15,16). The van der Waals surface area contributed by atoms with Gasteiger partial charge in [-0.15, -0.1) is 0 Å². The quantitative estimate of drug-likeness (QED) is 0.794. The second-order valence-electron chi connectivity index (χ2n) is 4.58. The van der Waals surface area contributed by atoms with E-state index in [1.807, 2.05) is 0 Å². The Morgan fingerprint density at radius 2 is 1.88 bits per heavy atom. The Kier molecular flexibility index (Phi) is 3.54. The molecule has 0 aliphatic carbocycles. The zero-order valence-electron chi connectivity index (χ0n) is 9.77. The fraction of sp³-hybridized carbons (Fsp3) is 0.636. The van der Waals surface area contributed by atoms with Crippen molar-refractivity contribution in [3.63, 3.8) is 0 Å². The molecule has 0 aromatic carbocycles. The minimum absolute atomic E-state index is 0.117. The molecule has 1 fully saturated rings. The SMILES string of the molecule is NCC1(F)CCN(Cc2cnc(N)nc2)CC1. The lowest BCUT2D eigenvalue weighted by Gasteiger charge is -2.35. The Balaban J connectivity index is 1.88. The van der Waals surface area contributed by atoms with Gasteiger partial charge in [-0.05, 0) is 12.8 Å². The van der Waals surface area contributed by atoms with E-state index < -0.39 is 5.67 Å². The number of nitrogens with two attached hydrogens (primary N) is 2. The number of hydrogen-bond donors (Lipinski definition) is 2. The summed E-state index contributed by atoms with van der Waals surface area (Å²) in [5.41, 5.74) is 10.7. The van der Waals surface area contributed by atoms with E-state index in [1.165, 1.54) is 0 Å². The lowest BCUT2D eigenvalue weighted by atomic mass is 9.93. The predicted octanol–water partition coefficient (Wildman–Crippen LogP) is 0.322. The molecule has 1 aliphatic heterocycles. The van der Waals surface area contributed by atoms with Crippen molar-refractivity contribution in [2.45, 2.75) is 25.1 Å². The van der Waals surface area contributed by atoms with Crippen molar-refractivity contribution in [1.29, 1.82) is 0 Å². The Morgan fingerprint density at radius 3 is 2.41 bits per heavy atom. The maximum Gasteiger partial charge on any atom is 0.219 e. The summed E-state index contributed by atoms with van der Waals surface area (Å²) < 4.78 is 13.9. The highest BCUT2D eigenvalue weighted by Crippen LogP contribution is 2.25. The number of likely N-dealkylation sites (tertiary alicyclic amines) is 1. The summed E-state index contributed by atoms with van der Waals surface area (Å²) in [7, 11) is 0. The van der Waals surface area contributed by atoms with Crippen LogP contribution in [0.1, 0.15) is 18.4 Å². The molecule has 0 unspecified atom stereocenters. The molecular formula is C11H18FN5. The molecule has 1 aromatic heterocycles. The molecule has 2 rings (SSSR count). The Bertz CT molecular complexity index is 359. The second kappa shape index (κ2) is 4.93. The molecule has 4 N–H and O–H groups in total. The van der Waals surface area contributed by atoms with Crippen LogP contribution in [-0.4, -0.2) is 40.2 Å².